The number of aromatic nitrogens is 2. The average Bonchev–Trinajstić information content (AvgIpc) is 3.30. The number of rotatable bonds is 5. The van der Waals surface area contributed by atoms with E-state index in [-0.39, 0.29) is 23.1 Å². The van der Waals surface area contributed by atoms with Crippen molar-refractivity contribution in [2.75, 3.05) is 18.4 Å². The van der Waals surface area contributed by atoms with Gasteiger partial charge in [0.05, 0.1) is 5.69 Å². The summed E-state index contributed by atoms with van der Waals surface area (Å²) in [5.74, 6) is -0.856. The summed E-state index contributed by atoms with van der Waals surface area (Å²) < 4.78 is 0. The number of ketones is 1. The lowest BCUT2D eigenvalue weighted by Crippen LogP contribution is -2.37. The number of aromatic amines is 2. The van der Waals surface area contributed by atoms with Gasteiger partial charge in [-0.1, -0.05) is 42.0 Å². The molecular formula is C24H25N4O3+. The van der Waals surface area contributed by atoms with Gasteiger partial charge in [-0.25, -0.2) is 9.97 Å². The minimum absolute atomic E-state index is 0.147. The molecule has 0 atom stereocenters. The van der Waals surface area contributed by atoms with Gasteiger partial charge in [0.25, 0.3) is 11.8 Å². The zero-order valence-corrected chi connectivity index (χ0v) is 17.4. The van der Waals surface area contributed by atoms with Crippen LogP contribution in [-0.4, -0.2) is 40.6 Å². The molecule has 0 unspecified atom stereocenters. The Hall–Kier alpha value is -3.74. The standard InChI is InChI=1S/C24H24N4O3/c1-16-10-11-19(18(14-16)22(29)17-8-4-2-5-9-17)27-23(30)20-21(26-15-25-20)24(31)28-12-6-3-7-13-28/h2,4-5,8-11,14-15H,3,6-7,12-13H2,1H3,(H,25,26)(H,27,30)/p+1. The van der Waals surface area contributed by atoms with E-state index in [1.54, 1.807) is 41.3 Å². The summed E-state index contributed by atoms with van der Waals surface area (Å²) in [6.07, 6.45) is 4.51. The van der Waals surface area contributed by atoms with Crippen molar-refractivity contribution in [2.24, 2.45) is 0 Å². The Balaban J connectivity index is 1.60. The summed E-state index contributed by atoms with van der Waals surface area (Å²) in [6.45, 7) is 3.27. The molecule has 3 aromatic rings. The molecule has 1 aliphatic rings. The van der Waals surface area contributed by atoms with Gasteiger partial charge in [0.2, 0.25) is 17.7 Å². The number of carbonyl (C=O) groups excluding carboxylic acids is 3. The molecule has 7 heteroatoms. The first-order valence-electron chi connectivity index (χ1n) is 10.4. The number of benzene rings is 2. The van der Waals surface area contributed by atoms with Crippen LogP contribution in [0.25, 0.3) is 0 Å². The molecule has 31 heavy (non-hydrogen) atoms. The van der Waals surface area contributed by atoms with Crippen LogP contribution in [0, 0.1) is 6.92 Å². The third-order valence-corrected chi connectivity index (χ3v) is 5.47. The van der Waals surface area contributed by atoms with Crippen LogP contribution in [0.3, 0.4) is 0 Å². The Morgan fingerprint density at radius 2 is 1.74 bits per heavy atom. The van der Waals surface area contributed by atoms with Gasteiger partial charge in [-0.3, -0.25) is 14.4 Å². The summed E-state index contributed by atoms with van der Waals surface area (Å²) in [5, 5.41) is 2.81. The SMILES string of the molecule is Cc1ccc(NC(=O)c2[nH+]c[nH]c2C(=O)N2CCCCC2)c(C(=O)c2ccccc2)c1. The molecule has 0 saturated carbocycles. The Labute approximate surface area is 180 Å². The minimum Gasteiger partial charge on any atom is -0.335 e. The fourth-order valence-corrected chi connectivity index (χ4v) is 3.81. The number of nitrogens with one attached hydrogen (secondary N) is 3. The first-order valence-corrected chi connectivity index (χ1v) is 10.4. The number of nitrogens with zero attached hydrogens (tertiary/aromatic N) is 1. The number of hydrogen-bond acceptors (Lipinski definition) is 3. The van der Waals surface area contributed by atoms with Crippen LogP contribution in [0.15, 0.2) is 54.9 Å². The van der Waals surface area contributed by atoms with Gasteiger partial charge in [0, 0.05) is 24.2 Å². The van der Waals surface area contributed by atoms with E-state index in [2.05, 4.69) is 15.3 Å². The highest BCUT2D eigenvalue weighted by Crippen LogP contribution is 2.22. The van der Waals surface area contributed by atoms with E-state index in [1.807, 2.05) is 19.1 Å². The van der Waals surface area contributed by atoms with Crippen molar-refractivity contribution in [1.82, 2.24) is 9.88 Å². The number of carbonyl (C=O) groups is 3. The second-order valence-electron chi connectivity index (χ2n) is 7.73. The van der Waals surface area contributed by atoms with Crippen molar-refractivity contribution in [2.45, 2.75) is 26.2 Å². The fraction of sp³-hybridized carbons (Fsp3) is 0.250. The van der Waals surface area contributed by atoms with E-state index >= 15 is 0 Å². The topological polar surface area (TPSA) is 96.4 Å². The number of anilines is 1. The zero-order valence-electron chi connectivity index (χ0n) is 17.4. The monoisotopic (exact) mass is 417 g/mol. The molecule has 2 heterocycles. The third kappa shape index (κ3) is 4.40. The Kier molecular flexibility index (Phi) is 5.93. The minimum atomic E-state index is -0.479. The van der Waals surface area contributed by atoms with E-state index < -0.39 is 5.91 Å². The molecular weight excluding hydrogens is 392 g/mol. The molecule has 1 saturated heterocycles. The maximum atomic E-state index is 13.0. The molecule has 0 radical (unpaired) electrons. The summed E-state index contributed by atoms with van der Waals surface area (Å²) in [5.41, 5.74) is 2.62. The molecule has 7 nitrogen and oxygen atoms in total. The Bertz CT molecular complexity index is 1110. The van der Waals surface area contributed by atoms with Crippen molar-refractivity contribution in [3.63, 3.8) is 0 Å². The lowest BCUT2D eigenvalue weighted by molar-refractivity contribution is -0.379. The first kappa shape index (κ1) is 20.5. The molecule has 0 aliphatic carbocycles. The number of hydrogen-bond donors (Lipinski definition) is 2. The largest absolute Gasteiger partial charge is 0.335 e. The third-order valence-electron chi connectivity index (χ3n) is 5.47. The van der Waals surface area contributed by atoms with Crippen LogP contribution in [0.4, 0.5) is 5.69 Å². The number of likely N-dealkylation sites (tertiary alicyclic amines) is 1. The molecule has 1 aromatic heterocycles. The second kappa shape index (κ2) is 8.95. The molecule has 3 N–H and O–H groups in total. The van der Waals surface area contributed by atoms with E-state index in [0.29, 0.717) is 29.9 Å². The number of piperidine rings is 1. The predicted octanol–water partition coefficient (Wildman–Crippen LogP) is 3.25. The number of aryl methyl sites for hydroxylation is 1. The lowest BCUT2D eigenvalue weighted by Gasteiger charge is -2.25. The smallest absolute Gasteiger partial charge is 0.300 e. The predicted molar refractivity (Wildman–Crippen MR) is 116 cm³/mol. The van der Waals surface area contributed by atoms with Crippen molar-refractivity contribution in [3.8, 4) is 0 Å². The van der Waals surface area contributed by atoms with Gasteiger partial charge in [0.1, 0.15) is 0 Å². The average molecular weight is 417 g/mol. The summed E-state index contributed by atoms with van der Waals surface area (Å²) in [6, 6.07) is 14.2. The zero-order chi connectivity index (χ0) is 21.8. The summed E-state index contributed by atoms with van der Waals surface area (Å²) >= 11 is 0. The highest BCUT2D eigenvalue weighted by atomic mass is 16.2. The van der Waals surface area contributed by atoms with Crippen LogP contribution in [0.2, 0.25) is 0 Å². The molecule has 0 bridgehead atoms. The van der Waals surface area contributed by atoms with E-state index in [0.717, 1.165) is 24.8 Å². The molecule has 2 aromatic carbocycles. The molecule has 0 spiro atoms. The van der Waals surface area contributed by atoms with Gasteiger partial charge in [-0.05, 0) is 38.3 Å². The Morgan fingerprint density at radius 3 is 2.48 bits per heavy atom. The summed E-state index contributed by atoms with van der Waals surface area (Å²) in [4.78, 5) is 46.4. The molecule has 2 amide bonds. The van der Waals surface area contributed by atoms with Crippen molar-refractivity contribution < 1.29 is 19.4 Å². The normalized spacial score (nSPS) is 13.6. The van der Waals surface area contributed by atoms with Gasteiger partial charge in [-0.2, -0.15) is 0 Å². The first-order chi connectivity index (χ1) is 15.0. The van der Waals surface area contributed by atoms with Gasteiger partial charge >= 0.3 is 0 Å². The number of imidazole rings is 1. The summed E-state index contributed by atoms with van der Waals surface area (Å²) in [7, 11) is 0. The van der Waals surface area contributed by atoms with Crippen LogP contribution >= 0.6 is 0 Å². The van der Waals surface area contributed by atoms with Crippen LogP contribution < -0.4 is 10.3 Å². The Morgan fingerprint density at radius 1 is 1.00 bits per heavy atom. The molecule has 1 fully saturated rings. The van der Waals surface area contributed by atoms with Crippen LogP contribution in [-0.2, 0) is 0 Å². The van der Waals surface area contributed by atoms with Gasteiger partial charge in [-0.15, -0.1) is 0 Å². The van der Waals surface area contributed by atoms with Gasteiger partial charge in [0.15, 0.2) is 5.78 Å². The second-order valence-corrected chi connectivity index (χ2v) is 7.73. The van der Waals surface area contributed by atoms with Crippen molar-refractivity contribution in [3.05, 3.63) is 82.9 Å². The van der Waals surface area contributed by atoms with Crippen LogP contribution in [0.1, 0.15) is 61.7 Å². The maximum absolute atomic E-state index is 13.0. The van der Waals surface area contributed by atoms with Crippen LogP contribution in [0.5, 0.6) is 0 Å². The fourth-order valence-electron chi connectivity index (χ4n) is 3.81. The lowest BCUT2D eigenvalue weighted by atomic mass is 9.99. The highest BCUT2D eigenvalue weighted by Gasteiger charge is 2.30. The van der Waals surface area contributed by atoms with E-state index in [9.17, 15) is 14.4 Å². The van der Waals surface area contributed by atoms with E-state index in [1.165, 1.54) is 6.33 Å². The molecule has 4 rings (SSSR count). The molecule has 1 aliphatic heterocycles. The molecule has 158 valence electrons. The quantitative estimate of drug-likeness (QED) is 0.624. The van der Waals surface area contributed by atoms with Gasteiger partial charge < -0.3 is 10.2 Å². The number of amides is 2. The maximum Gasteiger partial charge on any atom is 0.300 e. The number of H-pyrrole nitrogens is 2. The van der Waals surface area contributed by atoms with Crippen molar-refractivity contribution >= 4 is 23.3 Å². The highest BCUT2D eigenvalue weighted by molar-refractivity contribution is 6.16. The van der Waals surface area contributed by atoms with E-state index in [4.69, 9.17) is 0 Å². The van der Waals surface area contributed by atoms with Crippen molar-refractivity contribution in [1.29, 1.82) is 0 Å².